The van der Waals surface area contributed by atoms with Crippen molar-refractivity contribution in [2.45, 2.75) is 6.42 Å². The zero-order valence-corrected chi connectivity index (χ0v) is 11.2. The molecule has 20 heavy (non-hydrogen) atoms. The van der Waals surface area contributed by atoms with E-state index in [1.807, 2.05) is 0 Å². The van der Waals surface area contributed by atoms with Crippen molar-refractivity contribution < 1.29 is 14.3 Å². The minimum absolute atomic E-state index is 0.111. The summed E-state index contributed by atoms with van der Waals surface area (Å²) in [7, 11) is 2.78. The van der Waals surface area contributed by atoms with Crippen LogP contribution in [0.2, 0.25) is 0 Å². The lowest BCUT2D eigenvalue weighted by Gasteiger charge is -2.06. The number of azide groups is 1. The summed E-state index contributed by atoms with van der Waals surface area (Å²) in [5.74, 6) is 2.42. The number of hydrogen-bond donors (Lipinski definition) is 0. The lowest BCUT2D eigenvalue weighted by atomic mass is 10.1. The minimum Gasteiger partial charge on any atom is -0.497 e. The van der Waals surface area contributed by atoms with Gasteiger partial charge in [-0.1, -0.05) is 5.11 Å². The molecule has 0 atom stereocenters. The molecule has 0 aliphatic carbocycles. The van der Waals surface area contributed by atoms with Crippen molar-refractivity contribution in [2.24, 2.45) is 5.11 Å². The van der Waals surface area contributed by atoms with Gasteiger partial charge in [0.25, 0.3) is 0 Å². The van der Waals surface area contributed by atoms with Gasteiger partial charge in [-0.15, -0.1) is 12.3 Å². The van der Waals surface area contributed by atoms with Crippen LogP contribution < -0.4 is 4.74 Å². The molecule has 0 saturated heterocycles. The Labute approximate surface area is 116 Å². The number of methoxy groups -OCH3 is 2. The van der Waals surface area contributed by atoms with Crippen molar-refractivity contribution in [3.63, 3.8) is 0 Å². The average molecular weight is 271 g/mol. The van der Waals surface area contributed by atoms with E-state index in [0.29, 0.717) is 17.0 Å². The van der Waals surface area contributed by atoms with Gasteiger partial charge in [-0.2, -0.15) is 0 Å². The van der Waals surface area contributed by atoms with Crippen molar-refractivity contribution in [3.05, 3.63) is 39.8 Å². The molecule has 0 unspecified atom stereocenters. The normalized spacial score (nSPS) is 10.2. The van der Waals surface area contributed by atoms with E-state index in [-0.39, 0.29) is 12.0 Å². The number of nitrogens with zero attached hydrogens (tertiary/aromatic N) is 3. The highest BCUT2D eigenvalue weighted by Gasteiger charge is 2.10. The molecule has 0 spiro atoms. The third-order valence-corrected chi connectivity index (χ3v) is 2.46. The number of rotatable bonds is 5. The van der Waals surface area contributed by atoms with E-state index in [9.17, 15) is 4.79 Å². The van der Waals surface area contributed by atoms with Gasteiger partial charge in [0.15, 0.2) is 0 Å². The summed E-state index contributed by atoms with van der Waals surface area (Å²) in [5.41, 5.74) is 9.73. The number of esters is 1. The molecule has 0 saturated carbocycles. The molecule has 0 fully saturated rings. The molecule has 0 amide bonds. The third-order valence-electron chi connectivity index (χ3n) is 2.46. The van der Waals surface area contributed by atoms with Gasteiger partial charge in [0.2, 0.25) is 0 Å². The summed E-state index contributed by atoms with van der Waals surface area (Å²) < 4.78 is 9.75. The van der Waals surface area contributed by atoms with Crippen LogP contribution in [0.25, 0.3) is 16.5 Å². The Morgan fingerprint density at radius 3 is 2.85 bits per heavy atom. The minimum atomic E-state index is -0.530. The SMILES string of the molecule is C#CC/C(=C\c1cc(OC)ccc1N=[N+]=[N-])C(=O)OC. The van der Waals surface area contributed by atoms with Crippen molar-refractivity contribution in [3.8, 4) is 18.1 Å². The zero-order valence-electron chi connectivity index (χ0n) is 11.2. The van der Waals surface area contributed by atoms with Crippen LogP contribution in [0, 0.1) is 12.3 Å². The first-order chi connectivity index (χ1) is 9.65. The van der Waals surface area contributed by atoms with Crippen LogP contribution >= 0.6 is 0 Å². The summed E-state index contributed by atoms with van der Waals surface area (Å²) >= 11 is 0. The topological polar surface area (TPSA) is 84.3 Å². The van der Waals surface area contributed by atoms with Gasteiger partial charge in [0.05, 0.1) is 14.2 Å². The molecule has 0 aliphatic heterocycles. The van der Waals surface area contributed by atoms with E-state index in [1.165, 1.54) is 20.3 Å². The third kappa shape index (κ3) is 3.80. The monoisotopic (exact) mass is 271 g/mol. The van der Waals surface area contributed by atoms with E-state index in [1.54, 1.807) is 18.2 Å². The Bertz CT molecular complexity index is 623. The van der Waals surface area contributed by atoms with Gasteiger partial charge in [-0.25, -0.2) is 4.79 Å². The molecule has 6 nitrogen and oxygen atoms in total. The molecule has 1 aromatic rings. The standard InChI is InChI=1S/C14H13N3O3/c1-4-5-10(14(18)20-3)8-11-9-12(19-2)6-7-13(11)16-17-15/h1,6-9H,5H2,2-3H3/b10-8+. The average Bonchev–Trinajstić information content (AvgIpc) is 2.47. The Hall–Kier alpha value is -2.90. The first-order valence-corrected chi connectivity index (χ1v) is 5.61. The molecule has 0 aliphatic rings. The summed E-state index contributed by atoms with van der Waals surface area (Å²) in [6.07, 6.45) is 6.86. The van der Waals surface area contributed by atoms with Crippen LogP contribution in [-0.2, 0) is 9.53 Å². The van der Waals surface area contributed by atoms with Crippen molar-refractivity contribution >= 4 is 17.7 Å². The predicted molar refractivity (Wildman–Crippen MR) is 75.2 cm³/mol. The maximum absolute atomic E-state index is 11.6. The van der Waals surface area contributed by atoms with E-state index in [0.717, 1.165) is 0 Å². The molecule has 0 bridgehead atoms. The molecule has 0 N–H and O–H groups in total. The maximum atomic E-state index is 11.6. The van der Waals surface area contributed by atoms with Crippen LogP contribution in [0.4, 0.5) is 5.69 Å². The molecule has 0 radical (unpaired) electrons. The molecule has 0 heterocycles. The maximum Gasteiger partial charge on any atom is 0.334 e. The molecular weight excluding hydrogens is 258 g/mol. The number of carbonyl (C=O) groups is 1. The van der Waals surface area contributed by atoms with Crippen molar-refractivity contribution in [1.82, 2.24) is 0 Å². The summed E-state index contributed by atoms with van der Waals surface area (Å²) in [6, 6.07) is 4.89. The summed E-state index contributed by atoms with van der Waals surface area (Å²) in [4.78, 5) is 14.3. The second kappa shape index (κ2) is 7.52. The quantitative estimate of drug-likeness (QED) is 0.206. The smallest absolute Gasteiger partial charge is 0.334 e. The van der Waals surface area contributed by atoms with Gasteiger partial charge in [0.1, 0.15) is 5.75 Å². The number of terminal acetylenes is 1. The van der Waals surface area contributed by atoms with Crippen molar-refractivity contribution in [1.29, 1.82) is 0 Å². The Balaban J connectivity index is 3.37. The number of benzene rings is 1. The fourth-order valence-electron chi connectivity index (χ4n) is 1.53. The number of ether oxygens (including phenoxy) is 2. The first kappa shape index (κ1) is 15.2. The van der Waals surface area contributed by atoms with Gasteiger partial charge in [0, 0.05) is 22.6 Å². The van der Waals surface area contributed by atoms with E-state index >= 15 is 0 Å². The van der Waals surface area contributed by atoms with Crippen LogP contribution in [0.5, 0.6) is 5.75 Å². The van der Waals surface area contributed by atoms with E-state index < -0.39 is 5.97 Å². The second-order valence-corrected chi connectivity index (χ2v) is 3.66. The first-order valence-electron chi connectivity index (χ1n) is 5.61. The zero-order chi connectivity index (χ0) is 15.0. The molecule has 102 valence electrons. The highest BCUT2D eigenvalue weighted by Crippen LogP contribution is 2.27. The van der Waals surface area contributed by atoms with E-state index in [2.05, 4.69) is 20.7 Å². The summed E-state index contributed by atoms with van der Waals surface area (Å²) in [6.45, 7) is 0. The highest BCUT2D eigenvalue weighted by atomic mass is 16.5. The Kier molecular flexibility index (Phi) is 5.70. The molecule has 6 heteroatoms. The van der Waals surface area contributed by atoms with Gasteiger partial charge >= 0.3 is 5.97 Å². The number of hydrogen-bond acceptors (Lipinski definition) is 4. The molecular formula is C14H13N3O3. The Morgan fingerprint density at radius 2 is 2.30 bits per heavy atom. The number of carbonyl (C=O) groups excluding carboxylic acids is 1. The Morgan fingerprint density at radius 1 is 1.55 bits per heavy atom. The fourth-order valence-corrected chi connectivity index (χ4v) is 1.53. The van der Waals surface area contributed by atoms with Crippen LogP contribution in [0.1, 0.15) is 12.0 Å². The molecule has 0 aromatic heterocycles. The second-order valence-electron chi connectivity index (χ2n) is 3.66. The predicted octanol–water partition coefficient (Wildman–Crippen LogP) is 3.22. The van der Waals surface area contributed by atoms with Gasteiger partial charge < -0.3 is 9.47 Å². The van der Waals surface area contributed by atoms with Gasteiger partial charge in [-0.05, 0) is 35.4 Å². The lowest BCUT2D eigenvalue weighted by Crippen LogP contribution is -2.04. The highest BCUT2D eigenvalue weighted by molar-refractivity contribution is 5.95. The fraction of sp³-hybridized carbons (Fsp3) is 0.214. The van der Waals surface area contributed by atoms with Crippen LogP contribution in [0.15, 0.2) is 28.9 Å². The van der Waals surface area contributed by atoms with Gasteiger partial charge in [-0.3, -0.25) is 0 Å². The molecule has 1 aromatic carbocycles. The summed E-state index contributed by atoms with van der Waals surface area (Å²) in [5, 5.41) is 3.56. The molecule has 1 rings (SSSR count). The van der Waals surface area contributed by atoms with Crippen LogP contribution in [-0.4, -0.2) is 20.2 Å². The van der Waals surface area contributed by atoms with E-state index in [4.69, 9.17) is 16.7 Å². The van der Waals surface area contributed by atoms with Crippen molar-refractivity contribution in [2.75, 3.05) is 14.2 Å². The largest absolute Gasteiger partial charge is 0.497 e. The lowest BCUT2D eigenvalue weighted by molar-refractivity contribution is -0.136. The van der Waals surface area contributed by atoms with Crippen LogP contribution in [0.3, 0.4) is 0 Å².